The van der Waals surface area contributed by atoms with Gasteiger partial charge in [-0.3, -0.25) is 9.78 Å². The second-order valence-corrected chi connectivity index (χ2v) is 6.49. The topological polar surface area (TPSA) is 42.0 Å². The molecule has 2 saturated carbocycles. The molecule has 3 atom stereocenters. The Balaban J connectivity index is 1.56. The third-order valence-corrected chi connectivity index (χ3v) is 4.75. The van der Waals surface area contributed by atoms with E-state index >= 15 is 0 Å². The predicted molar refractivity (Wildman–Crippen MR) is 74.1 cm³/mol. The van der Waals surface area contributed by atoms with E-state index in [-0.39, 0.29) is 5.91 Å². The van der Waals surface area contributed by atoms with E-state index < -0.39 is 0 Å². The van der Waals surface area contributed by atoms with Gasteiger partial charge in [-0.1, -0.05) is 6.42 Å². The molecule has 2 aliphatic carbocycles. The minimum atomic E-state index is 0.132. The molecule has 2 aliphatic rings. The number of nitrogens with zero attached hydrogens (tertiary/aromatic N) is 1. The molecule has 3 unspecified atom stereocenters. The molecule has 2 bridgehead atoms. The molecule has 3 nitrogen and oxygen atoms in total. The van der Waals surface area contributed by atoms with Crippen LogP contribution in [0.2, 0.25) is 0 Å². The van der Waals surface area contributed by atoms with Crippen LogP contribution in [-0.4, -0.2) is 10.9 Å². The fraction of sp³-hybridized carbons (Fsp3) is 0.571. The van der Waals surface area contributed by atoms with Crippen molar-refractivity contribution in [3.63, 3.8) is 0 Å². The van der Waals surface area contributed by atoms with Crippen molar-refractivity contribution in [3.05, 3.63) is 22.9 Å². The van der Waals surface area contributed by atoms with E-state index in [2.05, 4.69) is 26.2 Å². The Labute approximate surface area is 116 Å². The van der Waals surface area contributed by atoms with E-state index in [9.17, 15) is 4.79 Å². The lowest BCUT2D eigenvalue weighted by molar-refractivity contribution is -0.117. The number of anilines is 1. The number of nitrogens with one attached hydrogen (secondary N) is 1. The number of carbonyl (C=O) groups is 1. The van der Waals surface area contributed by atoms with Crippen LogP contribution in [0.15, 0.2) is 22.9 Å². The van der Waals surface area contributed by atoms with Gasteiger partial charge in [0.2, 0.25) is 5.91 Å². The van der Waals surface area contributed by atoms with Gasteiger partial charge in [-0.05, 0) is 59.0 Å². The summed E-state index contributed by atoms with van der Waals surface area (Å²) in [5, 5.41) is 2.94. The number of rotatable bonds is 3. The summed E-state index contributed by atoms with van der Waals surface area (Å²) in [5.74, 6) is 2.46. The van der Waals surface area contributed by atoms with Crippen LogP contribution in [0.3, 0.4) is 0 Å². The van der Waals surface area contributed by atoms with Crippen molar-refractivity contribution >= 4 is 27.5 Å². The van der Waals surface area contributed by atoms with Crippen LogP contribution in [0, 0.1) is 17.8 Å². The molecule has 1 amide bonds. The smallest absolute Gasteiger partial charge is 0.224 e. The Bertz CT molecular complexity index is 463. The van der Waals surface area contributed by atoms with E-state index in [1.807, 2.05) is 6.07 Å². The summed E-state index contributed by atoms with van der Waals surface area (Å²) in [4.78, 5) is 16.0. The van der Waals surface area contributed by atoms with Gasteiger partial charge in [0, 0.05) is 17.1 Å². The highest BCUT2D eigenvalue weighted by Crippen LogP contribution is 2.49. The van der Waals surface area contributed by atoms with E-state index in [0.29, 0.717) is 12.3 Å². The van der Waals surface area contributed by atoms with E-state index in [1.165, 1.54) is 25.7 Å². The summed E-state index contributed by atoms with van der Waals surface area (Å²) in [6.07, 6.45) is 9.41. The van der Waals surface area contributed by atoms with Gasteiger partial charge in [-0.15, -0.1) is 0 Å². The number of hydrogen-bond donors (Lipinski definition) is 1. The minimum absolute atomic E-state index is 0.132. The molecule has 96 valence electrons. The highest BCUT2D eigenvalue weighted by molar-refractivity contribution is 9.10. The van der Waals surface area contributed by atoms with E-state index in [1.54, 1.807) is 12.4 Å². The van der Waals surface area contributed by atoms with Crippen molar-refractivity contribution in [2.75, 3.05) is 5.32 Å². The molecule has 1 N–H and O–H groups in total. The van der Waals surface area contributed by atoms with Crippen LogP contribution in [0.25, 0.3) is 0 Å². The Morgan fingerprint density at radius 3 is 2.94 bits per heavy atom. The van der Waals surface area contributed by atoms with E-state index in [4.69, 9.17) is 0 Å². The first-order valence-corrected chi connectivity index (χ1v) is 7.40. The first-order valence-electron chi connectivity index (χ1n) is 6.61. The standard InChI is InChI=1S/C14H17BrN2O/c15-12-6-13(8-16-7-12)17-14(18)5-11-4-9-1-2-10(11)3-9/h6-11H,1-5H2,(H,17,18). The van der Waals surface area contributed by atoms with Gasteiger partial charge >= 0.3 is 0 Å². The number of amides is 1. The highest BCUT2D eigenvalue weighted by Gasteiger charge is 2.40. The molecule has 0 aliphatic heterocycles. The fourth-order valence-corrected chi connectivity index (χ4v) is 3.92. The Morgan fingerprint density at radius 2 is 2.28 bits per heavy atom. The number of halogens is 1. The van der Waals surface area contributed by atoms with Crippen LogP contribution in [0.4, 0.5) is 5.69 Å². The number of pyridine rings is 1. The molecule has 0 radical (unpaired) electrons. The van der Waals surface area contributed by atoms with Crippen LogP contribution in [-0.2, 0) is 4.79 Å². The molecular formula is C14H17BrN2O. The zero-order valence-electron chi connectivity index (χ0n) is 10.2. The molecule has 18 heavy (non-hydrogen) atoms. The molecule has 0 spiro atoms. The zero-order chi connectivity index (χ0) is 12.5. The first kappa shape index (κ1) is 12.2. The molecule has 1 heterocycles. The Kier molecular flexibility index (Phi) is 3.37. The lowest BCUT2D eigenvalue weighted by atomic mass is 9.86. The third kappa shape index (κ3) is 2.58. The average Bonchev–Trinajstić information content (AvgIpc) is 2.90. The fourth-order valence-electron chi connectivity index (χ4n) is 3.56. The number of carbonyl (C=O) groups excluding carboxylic acids is 1. The molecule has 1 aromatic rings. The maximum atomic E-state index is 12.0. The molecule has 3 rings (SSSR count). The third-order valence-electron chi connectivity index (χ3n) is 4.32. The molecule has 1 aromatic heterocycles. The molecule has 4 heteroatoms. The number of hydrogen-bond acceptors (Lipinski definition) is 2. The average molecular weight is 309 g/mol. The second-order valence-electron chi connectivity index (χ2n) is 5.58. The summed E-state index contributed by atoms with van der Waals surface area (Å²) in [5.41, 5.74) is 0.775. The van der Waals surface area contributed by atoms with Crippen molar-refractivity contribution in [1.82, 2.24) is 4.98 Å². The molecular weight excluding hydrogens is 292 g/mol. The van der Waals surface area contributed by atoms with Crippen molar-refractivity contribution in [1.29, 1.82) is 0 Å². The lowest BCUT2D eigenvalue weighted by Crippen LogP contribution is -2.20. The van der Waals surface area contributed by atoms with Crippen molar-refractivity contribution in [3.8, 4) is 0 Å². The summed E-state index contributed by atoms with van der Waals surface area (Å²) in [7, 11) is 0. The van der Waals surface area contributed by atoms with Gasteiger partial charge in [0.25, 0.3) is 0 Å². The predicted octanol–water partition coefficient (Wildman–Crippen LogP) is 3.61. The van der Waals surface area contributed by atoms with Crippen LogP contribution in [0.5, 0.6) is 0 Å². The Hall–Kier alpha value is -0.900. The molecule has 0 aromatic carbocycles. The quantitative estimate of drug-likeness (QED) is 0.927. The first-order chi connectivity index (χ1) is 8.70. The minimum Gasteiger partial charge on any atom is -0.325 e. The van der Waals surface area contributed by atoms with Gasteiger partial charge in [0.05, 0.1) is 11.9 Å². The normalized spacial score (nSPS) is 29.5. The van der Waals surface area contributed by atoms with Gasteiger partial charge in [0.15, 0.2) is 0 Å². The zero-order valence-corrected chi connectivity index (χ0v) is 11.8. The summed E-state index contributed by atoms with van der Waals surface area (Å²) in [6, 6.07) is 1.88. The highest BCUT2D eigenvalue weighted by atomic mass is 79.9. The number of aromatic nitrogens is 1. The van der Waals surface area contributed by atoms with Crippen molar-refractivity contribution in [2.24, 2.45) is 17.8 Å². The summed E-state index contributed by atoms with van der Waals surface area (Å²) >= 11 is 3.35. The van der Waals surface area contributed by atoms with Crippen molar-refractivity contribution < 1.29 is 4.79 Å². The largest absolute Gasteiger partial charge is 0.325 e. The van der Waals surface area contributed by atoms with Gasteiger partial charge < -0.3 is 5.32 Å². The Morgan fingerprint density at radius 1 is 1.39 bits per heavy atom. The van der Waals surface area contributed by atoms with Crippen LogP contribution < -0.4 is 5.32 Å². The monoisotopic (exact) mass is 308 g/mol. The van der Waals surface area contributed by atoms with Crippen molar-refractivity contribution in [2.45, 2.75) is 32.1 Å². The van der Waals surface area contributed by atoms with Gasteiger partial charge in [0.1, 0.15) is 0 Å². The van der Waals surface area contributed by atoms with Crippen LogP contribution in [0.1, 0.15) is 32.1 Å². The maximum Gasteiger partial charge on any atom is 0.224 e. The SMILES string of the molecule is O=C(CC1CC2CCC1C2)Nc1cncc(Br)c1. The molecule has 0 saturated heterocycles. The van der Waals surface area contributed by atoms with Gasteiger partial charge in [-0.2, -0.15) is 0 Å². The van der Waals surface area contributed by atoms with Gasteiger partial charge in [-0.25, -0.2) is 0 Å². The second kappa shape index (κ2) is 5.00. The van der Waals surface area contributed by atoms with E-state index in [0.717, 1.165) is 22.0 Å². The molecule has 2 fully saturated rings. The summed E-state index contributed by atoms with van der Waals surface area (Å²) in [6.45, 7) is 0. The lowest BCUT2D eigenvalue weighted by Gasteiger charge is -2.20. The summed E-state index contributed by atoms with van der Waals surface area (Å²) < 4.78 is 0.889. The van der Waals surface area contributed by atoms with Crippen LogP contribution >= 0.6 is 15.9 Å². The maximum absolute atomic E-state index is 12.0. The number of fused-ring (bicyclic) bond motifs is 2.